The van der Waals surface area contributed by atoms with Gasteiger partial charge in [0.25, 0.3) is 5.91 Å². The van der Waals surface area contributed by atoms with Crippen LogP contribution in [-0.2, 0) is 23.0 Å². The molecule has 5 rings (SSSR count). The zero-order valence-electron chi connectivity index (χ0n) is 18.6. The van der Waals surface area contributed by atoms with Crippen molar-refractivity contribution in [1.82, 2.24) is 19.1 Å². The van der Waals surface area contributed by atoms with Gasteiger partial charge in [-0.1, -0.05) is 30.7 Å². The Labute approximate surface area is 199 Å². The van der Waals surface area contributed by atoms with Crippen LogP contribution in [0.2, 0.25) is 5.02 Å². The number of likely N-dealkylation sites (N-methyl/N-ethyl adjacent to an activating group) is 1. The molecule has 2 aliphatic heterocycles. The van der Waals surface area contributed by atoms with Crippen molar-refractivity contribution < 1.29 is 13.2 Å². The number of hydrogen-bond acceptors (Lipinski definition) is 4. The molecule has 3 aromatic rings. The maximum absolute atomic E-state index is 13.2. The van der Waals surface area contributed by atoms with Crippen molar-refractivity contribution >= 4 is 38.3 Å². The minimum Gasteiger partial charge on any atom is -0.354 e. The van der Waals surface area contributed by atoms with E-state index in [0.717, 1.165) is 42.5 Å². The lowest BCUT2D eigenvalue weighted by atomic mass is 10.1. The van der Waals surface area contributed by atoms with E-state index in [4.69, 9.17) is 11.6 Å². The molecule has 2 aromatic carbocycles. The fourth-order valence-corrected chi connectivity index (χ4v) is 6.32. The van der Waals surface area contributed by atoms with Gasteiger partial charge in [-0.05, 0) is 53.2 Å². The molecule has 1 N–H and O–H groups in total. The van der Waals surface area contributed by atoms with Crippen molar-refractivity contribution in [2.75, 3.05) is 39.3 Å². The fourth-order valence-electron chi connectivity index (χ4n) is 4.69. The summed E-state index contributed by atoms with van der Waals surface area (Å²) in [7, 11) is -3.64. The van der Waals surface area contributed by atoms with Gasteiger partial charge in [-0.2, -0.15) is 4.31 Å². The zero-order valence-corrected chi connectivity index (χ0v) is 20.1. The third-order valence-electron chi connectivity index (χ3n) is 6.68. The van der Waals surface area contributed by atoms with Gasteiger partial charge in [0.2, 0.25) is 10.0 Å². The smallest absolute Gasteiger partial charge is 0.270 e. The van der Waals surface area contributed by atoms with E-state index in [-0.39, 0.29) is 23.9 Å². The number of carbonyl (C=O) groups excluding carboxylic acids is 1. The van der Waals surface area contributed by atoms with Crippen LogP contribution in [-0.4, -0.2) is 72.7 Å². The monoisotopic (exact) mass is 486 g/mol. The van der Waals surface area contributed by atoms with E-state index < -0.39 is 10.0 Å². The van der Waals surface area contributed by atoms with Gasteiger partial charge in [0.1, 0.15) is 5.69 Å². The highest BCUT2D eigenvalue weighted by Crippen LogP contribution is 2.26. The normalized spacial score (nSPS) is 17.9. The lowest BCUT2D eigenvalue weighted by Crippen LogP contribution is -2.50. The van der Waals surface area contributed by atoms with Crippen LogP contribution in [0.4, 0.5) is 0 Å². The molecule has 33 heavy (non-hydrogen) atoms. The lowest BCUT2D eigenvalue weighted by molar-refractivity contribution is 0.0692. The molecule has 0 aliphatic carbocycles. The summed E-state index contributed by atoms with van der Waals surface area (Å²) < 4.78 is 27.9. The Morgan fingerprint density at radius 3 is 2.48 bits per heavy atom. The maximum atomic E-state index is 13.2. The van der Waals surface area contributed by atoms with Gasteiger partial charge in [0.05, 0.1) is 4.90 Å². The molecule has 174 valence electrons. The van der Waals surface area contributed by atoms with E-state index in [9.17, 15) is 13.2 Å². The Morgan fingerprint density at radius 2 is 1.73 bits per heavy atom. The molecule has 0 saturated carbocycles. The highest BCUT2D eigenvalue weighted by atomic mass is 35.5. The molecular weight excluding hydrogens is 460 g/mol. The van der Waals surface area contributed by atoms with Crippen LogP contribution in [0.15, 0.2) is 47.4 Å². The topological polar surface area (TPSA) is 76.7 Å². The first kappa shape index (κ1) is 22.4. The van der Waals surface area contributed by atoms with Gasteiger partial charge in [0.15, 0.2) is 0 Å². The number of benzene rings is 2. The van der Waals surface area contributed by atoms with Crippen LogP contribution in [0.3, 0.4) is 0 Å². The summed E-state index contributed by atoms with van der Waals surface area (Å²) in [5, 5.41) is 2.34. The van der Waals surface area contributed by atoms with Crippen LogP contribution in [0.5, 0.6) is 0 Å². The van der Waals surface area contributed by atoms with Gasteiger partial charge in [-0.25, -0.2) is 8.42 Å². The molecule has 3 heterocycles. The van der Waals surface area contributed by atoms with Crippen molar-refractivity contribution in [3.8, 4) is 0 Å². The second-order valence-corrected chi connectivity index (χ2v) is 11.0. The molecule has 1 saturated heterocycles. The summed E-state index contributed by atoms with van der Waals surface area (Å²) in [5.74, 6) is -0.0629. The van der Waals surface area contributed by atoms with Crippen molar-refractivity contribution in [3.05, 3.63) is 64.4 Å². The number of nitrogens with one attached hydrogen (secondary N) is 1. The third-order valence-corrected chi connectivity index (χ3v) is 8.81. The summed E-state index contributed by atoms with van der Waals surface area (Å²) in [6, 6.07) is 12.4. The van der Waals surface area contributed by atoms with Crippen LogP contribution in [0.25, 0.3) is 10.8 Å². The minimum atomic E-state index is -3.64. The van der Waals surface area contributed by atoms with Gasteiger partial charge >= 0.3 is 0 Å². The zero-order chi connectivity index (χ0) is 23.2. The number of fused-ring (bicyclic) bond motifs is 2. The number of carbonyl (C=O) groups is 1. The number of nitrogens with zero attached hydrogens (tertiary/aromatic N) is 3. The number of halogens is 1. The molecule has 2 aliphatic rings. The van der Waals surface area contributed by atoms with Crippen LogP contribution in [0.1, 0.15) is 28.7 Å². The van der Waals surface area contributed by atoms with Gasteiger partial charge in [0, 0.05) is 56.4 Å². The molecular formula is C24H27ClN4O3S. The number of hydrogen-bond donors (Lipinski definition) is 1. The highest BCUT2D eigenvalue weighted by molar-refractivity contribution is 7.89. The number of rotatable bonds is 4. The van der Waals surface area contributed by atoms with E-state index >= 15 is 0 Å². The third kappa shape index (κ3) is 4.28. The number of sulfonamides is 1. The lowest BCUT2D eigenvalue weighted by Gasteiger charge is -2.33. The van der Waals surface area contributed by atoms with Crippen molar-refractivity contribution in [2.45, 2.75) is 24.8 Å². The number of aromatic amines is 1. The standard InChI is InChI=1S/C24H27ClN4O3S/c1-2-27-8-7-22-19(16-27)15-23(26-22)24(30)28-9-11-29(12-10-28)33(31,32)21-6-4-17-13-20(25)5-3-18(17)14-21/h3-6,13-15,26H,2,7-12,16H2,1H3. The number of aromatic nitrogens is 1. The Kier molecular flexibility index (Phi) is 5.95. The average molecular weight is 487 g/mol. The van der Waals surface area contributed by atoms with Crippen LogP contribution < -0.4 is 0 Å². The van der Waals surface area contributed by atoms with Crippen LogP contribution >= 0.6 is 11.6 Å². The number of H-pyrrole nitrogens is 1. The molecule has 0 unspecified atom stereocenters. The van der Waals surface area contributed by atoms with E-state index in [1.165, 1.54) is 9.87 Å². The van der Waals surface area contributed by atoms with E-state index in [1.54, 1.807) is 29.2 Å². The summed E-state index contributed by atoms with van der Waals surface area (Å²) >= 11 is 6.03. The van der Waals surface area contributed by atoms with E-state index in [2.05, 4.69) is 16.8 Å². The van der Waals surface area contributed by atoms with E-state index in [1.807, 2.05) is 18.2 Å². The highest BCUT2D eigenvalue weighted by Gasteiger charge is 2.31. The molecule has 7 nitrogen and oxygen atoms in total. The number of piperazine rings is 1. The summed E-state index contributed by atoms with van der Waals surface area (Å²) in [5.41, 5.74) is 2.93. The summed E-state index contributed by atoms with van der Waals surface area (Å²) in [4.78, 5) is 20.7. The van der Waals surface area contributed by atoms with E-state index in [0.29, 0.717) is 23.8 Å². The molecule has 0 spiro atoms. The largest absolute Gasteiger partial charge is 0.354 e. The second kappa shape index (κ2) is 8.76. The van der Waals surface area contributed by atoms with Gasteiger partial charge < -0.3 is 9.88 Å². The first-order chi connectivity index (χ1) is 15.8. The first-order valence-corrected chi connectivity index (χ1v) is 13.1. The molecule has 0 bridgehead atoms. The average Bonchev–Trinajstić information content (AvgIpc) is 3.26. The predicted octanol–water partition coefficient (Wildman–Crippen LogP) is 3.35. The second-order valence-electron chi connectivity index (χ2n) is 8.66. The van der Waals surface area contributed by atoms with Gasteiger partial charge in [-0.3, -0.25) is 9.69 Å². The molecule has 1 fully saturated rings. The summed E-state index contributed by atoms with van der Waals surface area (Å²) in [6.45, 7) is 6.28. The number of amides is 1. The van der Waals surface area contributed by atoms with Crippen molar-refractivity contribution in [3.63, 3.8) is 0 Å². The molecule has 0 radical (unpaired) electrons. The SMILES string of the molecule is CCN1CCc2[nH]c(C(=O)N3CCN(S(=O)(=O)c4ccc5cc(Cl)ccc5c4)CC3)cc2C1. The van der Waals surface area contributed by atoms with Crippen LogP contribution in [0, 0.1) is 0 Å². The Balaban J connectivity index is 1.27. The van der Waals surface area contributed by atoms with Crippen molar-refractivity contribution in [1.29, 1.82) is 0 Å². The quantitative estimate of drug-likeness (QED) is 0.613. The van der Waals surface area contributed by atoms with Gasteiger partial charge in [-0.15, -0.1) is 0 Å². The molecule has 9 heteroatoms. The fraction of sp³-hybridized carbons (Fsp3) is 0.375. The predicted molar refractivity (Wildman–Crippen MR) is 129 cm³/mol. The molecule has 0 atom stereocenters. The maximum Gasteiger partial charge on any atom is 0.270 e. The Bertz CT molecular complexity index is 1310. The first-order valence-electron chi connectivity index (χ1n) is 11.3. The summed E-state index contributed by atoms with van der Waals surface area (Å²) in [6.07, 6.45) is 0.917. The van der Waals surface area contributed by atoms with Crippen molar-refractivity contribution in [2.24, 2.45) is 0 Å². The Morgan fingerprint density at radius 1 is 1.00 bits per heavy atom. The molecule has 1 aromatic heterocycles. The minimum absolute atomic E-state index is 0.0629. The molecule has 1 amide bonds. The Hall–Kier alpha value is -2.39.